The SMILES string of the molecule is Cc1[nH]c2ccc(-c3noc(C4C[C@H]5CC(=O)[C@@H]4C5)n3)cc2c1C. The molecule has 2 aromatic heterocycles. The van der Waals surface area contributed by atoms with E-state index in [2.05, 4.69) is 41.1 Å². The Bertz CT molecular complexity index is 968. The number of aromatic nitrogens is 3. The Morgan fingerprint density at radius 2 is 2.04 bits per heavy atom. The van der Waals surface area contributed by atoms with Gasteiger partial charge in [-0.1, -0.05) is 5.16 Å². The molecule has 2 saturated carbocycles. The first-order valence-corrected chi connectivity index (χ1v) is 8.56. The summed E-state index contributed by atoms with van der Waals surface area (Å²) in [5.74, 6) is 2.35. The van der Waals surface area contributed by atoms with Crippen LogP contribution in [0.2, 0.25) is 0 Å². The fourth-order valence-electron chi connectivity index (χ4n) is 4.48. The molecule has 0 saturated heterocycles. The van der Waals surface area contributed by atoms with Gasteiger partial charge >= 0.3 is 0 Å². The highest BCUT2D eigenvalue weighted by molar-refractivity contribution is 5.88. The van der Waals surface area contributed by atoms with E-state index in [1.807, 2.05) is 6.07 Å². The maximum Gasteiger partial charge on any atom is 0.230 e. The van der Waals surface area contributed by atoms with Gasteiger partial charge in [-0.3, -0.25) is 4.79 Å². The molecule has 5 rings (SSSR count). The Hall–Kier alpha value is -2.43. The monoisotopic (exact) mass is 321 g/mol. The van der Waals surface area contributed by atoms with Gasteiger partial charge in [-0.15, -0.1) is 0 Å². The summed E-state index contributed by atoms with van der Waals surface area (Å²) in [6.45, 7) is 4.19. The van der Waals surface area contributed by atoms with Gasteiger partial charge in [0, 0.05) is 40.4 Å². The normalized spacial score (nSPS) is 25.9. The first-order chi connectivity index (χ1) is 11.6. The van der Waals surface area contributed by atoms with Crippen LogP contribution >= 0.6 is 0 Å². The minimum absolute atomic E-state index is 0.0975. The second-order valence-electron chi connectivity index (χ2n) is 7.31. The van der Waals surface area contributed by atoms with Gasteiger partial charge in [-0.25, -0.2) is 0 Å². The third kappa shape index (κ3) is 1.90. The number of nitrogens with zero attached hydrogens (tertiary/aromatic N) is 2. The zero-order chi connectivity index (χ0) is 16.4. The molecule has 5 heteroatoms. The molecule has 3 aromatic rings. The van der Waals surface area contributed by atoms with E-state index in [4.69, 9.17) is 4.52 Å². The molecule has 2 aliphatic carbocycles. The van der Waals surface area contributed by atoms with Crippen molar-refractivity contribution in [2.45, 2.75) is 39.0 Å². The van der Waals surface area contributed by atoms with E-state index < -0.39 is 0 Å². The van der Waals surface area contributed by atoms with Gasteiger partial charge < -0.3 is 9.51 Å². The van der Waals surface area contributed by atoms with E-state index in [1.165, 1.54) is 16.6 Å². The van der Waals surface area contributed by atoms with Crippen molar-refractivity contribution in [1.29, 1.82) is 0 Å². The lowest BCUT2D eigenvalue weighted by Crippen LogP contribution is -2.18. The number of carbonyl (C=O) groups is 1. The number of carbonyl (C=O) groups excluding carboxylic acids is 1. The average Bonchev–Trinajstić information content (AvgIpc) is 3.31. The minimum atomic E-state index is 0.0975. The van der Waals surface area contributed by atoms with Crippen molar-refractivity contribution in [3.05, 3.63) is 35.3 Å². The van der Waals surface area contributed by atoms with Crippen LogP contribution in [0.4, 0.5) is 0 Å². The Morgan fingerprint density at radius 1 is 1.21 bits per heavy atom. The van der Waals surface area contributed by atoms with E-state index in [0.717, 1.165) is 30.3 Å². The van der Waals surface area contributed by atoms with Gasteiger partial charge in [-0.05, 0) is 56.4 Å². The highest BCUT2D eigenvalue weighted by atomic mass is 16.5. The van der Waals surface area contributed by atoms with E-state index in [1.54, 1.807) is 0 Å². The summed E-state index contributed by atoms with van der Waals surface area (Å²) >= 11 is 0. The highest BCUT2D eigenvalue weighted by Crippen LogP contribution is 2.50. The Kier molecular flexibility index (Phi) is 2.78. The third-order valence-electron chi connectivity index (χ3n) is 5.89. The predicted molar refractivity (Wildman–Crippen MR) is 89.6 cm³/mol. The van der Waals surface area contributed by atoms with Crippen LogP contribution in [0.25, 0.3) is 22.3 Å². The van der Waals surface area contributed by atoms with Crippen LogP contribution in [0.1, 0.15) is 42.3 Å². The number of nitrogens with one attached hydrogen (secondary N) is 1. The van der Waals surface area contributed by atoms with Gasteiger partial charge in [0.15, 0.2) is 0 Å². The lowest BCUT2D eigenvalue weighted by Gasteiger charge is -2.16. The molecule has 2 aliphatic rings. The third-order valence-corrected chi connectivity index (χ3v) is 5.89. The van der Waals surface area contributed by atoms with Crippen LogP contribution in [0.5, 0.6) is 0 Å². The molecule has 0 spiro atoms. The van der Waals surface area contributed by atoms with Gasteiger partial charge in [0.1, 0.15) is 5.78 Å². The van der Waals surface area contributed by atoms with Crippen LogP contribution in [-0.4, -0.2) is 20.9 Å². The fraction of sp³-hybridized carbons (Fsp3) is 0.421. The molecule has 0 radical (unpaired) electrons. The molecular weight excluding hydrogens is 302 g/mol. The molecule has 3 atom stereocenters. The first-order valence-electron chi connectivity index (χ1n) is 8.56. The smallest absolute Gasteiger partial charge is 0.230 e. The standard InChI is InChI=1S/C19H19N3O2/c1-9-10(2)20-16-4-3-12(8-13(9)16)18-21-19(24-22-18)15-6-11-5-14(15)17(23)7-11/h3-4,8,11,14-15,20H,5-7H2,1-2H3/t11-,14+,15?/m0/s1. The molecule has 0 aliphatic heterocycles. The lowest BCUT2D eigenvalue weighted by atomic mass is 9.88. The van der Waals surface area contributed by atoms with Crippen LogP contribution in [-0.2, 0) is 4.79 Å². The first kappa shape index (κ1) is 14.0. The summed E-state index contributed by atoms with van der Waals surface area (Å²) in [4.78, 5) is 20.0. The summed E-state index contributed by atoms with van der Waals surface area (Å²) in [5, 5.41) is 5.36. The number of rotatable bonds is 2. The molecule has 2 fully saturated rings. The zero-order valence-electron chi connectivity index (χ0n) is 13.8. The minimum Gasteiger partial charge on any atom is -0.358 e. The molecule has 2 heterocycles. The quantitative estimate of drug-likeness (QED) is 0.776. The second-order valence-corrected chi connectivity index (χ2v) is 7.31. The topological polar surface area (TPSA) is 71.8 Å². The summed E-state index contributed by atoms with van der Waals surface area (Å²) in [6.07, 6.45) is 2.74. The van der Waals surface area contributed by atoms with Crippen LogP contribution in [0.3, 0.4) is 0 Å². The van der Waals surface area contributed by atoms with Crippen molar-refractivity contribution >= 4 is 16.7 Å². The van der Waals surface area contributed by atoms with Crippen LogP contribution in [0, 0.1) is 25.7 Å². The van der Waals surface area contributed by atoms with Crippen molar-refractivity contribution in [3.63, 3.8) is 0 Å². The van der Waals surface area contributed by atoms with Gasteiger partial charge in [0.05, 0.1) is 0 Å². The number of Topliss-reactive ketones (excluding diaryl/α,β-unsaturated/α-hetero) is 1. The summed E-state index contributed by atoms with van der Waals surface area (Å²) in [6, 6.07) is 6.18. The van der Waals surface area contributed by atoms with E-state index in [9.17, 15) is 4.79 Å². The van der Waals surface area contributed by atoms with E-state index in [-0.39, 0.29) is 11.8 Å². The van der Waals surface area contributed by atoms with Gasteiger partial charge in [0.2, 0.25) is 11.7 Å². The van der Waals surface area contributed by atoms with Crippen molar-refractivity contribution < 1.29 is 9.32 Å². The van der Waals surface area contributed by atoms with Crippen molar-refractivity contribution in [3.8, 4) is 11.4 Å². The lowest BCUT2D eigenvalue weighted by molar-refractivity contribution is -0.122. The molecule has 5 nitrogen and oxygen atoms in total. The molecule has 0 amide bonds. The Balaban J connectivity index is 1.51. The number of fused-ring (bicyclic) bond motifs is 3. The van der Waals surface area contributed by atoms with Crippen LogP contribution in [0.15, 0.2) is 22.7 Å². The van der Waals surface area contributed by atoms with Crippen LogP contribution < -0.4 is 0 Å². The Labute approximate surface area is 139 Å². The maximum absolute atomic E-state index is 12.0. The van der Waals surface area contributed by atoms with E-state index in [0.29, 0.717) is 23.4 Å². The summed E-state index contributed by atoms with van der Waals surface area (Å²) < 4.78 is 5.53. The number of aromatic amines is 1. The van der Waals surface area contributed by atoms with E-state index >= 15 is 0 Å². The summed E-state index contributed by atoms with van der Waals surface area (Å²) in [5.41, 5.74) is 4.50. The van der Waals surface area contributed by atoms with Crippen molar-refractivity contribution in [1.82, 2.24) is 15.1 Å². The molecule has 1 N–H and O–H groups in total. The number of H-pyrrole nitrogens is 1. The molecule has 2 bridgehead atoms. The van der Waals surface area contributed by atoms with Crippen molar-refractivity contribution in [2.75, 3.05) is 0 Å². The largest absolute Gasteiger partial charge is 0.358 e. The molecule has 1 unspecified atom stereocenters. The van der Waals surface area contributed by atoms with Gasteiger partial charge in [0.25, 0.3) is 0 Å². The molecule has 1 aromatic carbocycles. The number of hydrogen-bond donors (Lipinski definition) is 1. The second kappa shape index (κ2) is 4.79. The average molecular weight is 321 g/mol. The number of aryl methyl sites for hydroxylation is 2. The molecule has 24 heavy (non-hydrogen) atoms. The zero-order valence-corrected chi connectivity index (χ0v) is 13.8. The molecular formula is C19H19N3O2. The maximum atomic E-state index is 12.0. The number of hydrogen-bond acceptors (Lipinski definition) is 4. The predicted octanol–water partition coefficient (Wildman–Crippen LogP) is 3.92. The number of ketones is 1. The van der Waals surface area contributed by atoms with Gasteiger partial charge in [-0.2, -0.15) is 4.98 Å². The van der Waals surface area contributed by atoms with Crippen molar-refractivity contribution in [2.24, 2.45) is 11.8 Å². The summed E-state index contributed by atoms with van der Waals surface area (Å²) in [7, 11) is 0. The fourth-order valence-corrected chi connectivity index (χ4v) is 4.48. The highest BCUT2D eigenvalue weighted by Gasteiger charge is 2.48. The molecule has 122 valence electrons. The Morgan fingerprint density at radius 3 is 2.83 bits per heavy atom. The number of benzene rings is 1.